The Kier molecular flexibility index (Phi) is 4.64. The Bertz CT molecular complexity index is 1310. The van der Waals surface area contributed by atoms with Gasteiger partial charge < -0.3 is 5.11 Å². The molecule has 1 aromatic heterocycles. The minimum atomic E-state index is -5.10. The number of carboxylic acid groups (broad SMARTS) is 1. The third-order valence-electron chi connectivity index (χ3n) is 4.87. The highest BCUT2D eigenvalue weighted by atomic mass is 19.4. The highest BCUT2D eigenvalue weighted by Crippen LogP contribution is 2.47. The minimum Gasteiger partial charge on any atom is -0.478 e. The number of aromatic carboxylic acids is 1. The van der Waals surface area contributed by atoms with Crippen LogP contribution >= 0.6 is 0 Å². The number of halogens is 6. The lowest BCUT2D eigenvalue weighted by molar-refractivity contribution is -0.142. The Balaban J connectivity index is 2.26. The topological polar surface area (TPSA) is 50.2 Å². The second-order valence-electron chi connectivity index (χ2n) is 6.73. The first kappa shape index (κ1) is 20.6. The number of benzene rings is 3. The highest BCUT2D eigenvalue weighted by Gasteiger charge is 2.41. The second-order valence-corrected chi connectivity index (χ2v) is 6.73. The predicted octanol–water partition coefficient (Wildman–Crippen LogP) is 6.79. The largest absolute Gasteiger partial charge is 0.478 e. The Labute approximate surface area is 170 Å². The summed E-state index contributed by atoms with van der Waals surface area (Å²) in [7, 11) is 0. The van der Waals surface area contributed by atoms with Gasteiger partial charge in [-0.15, -0.1) is 0 Å². The molecule has 0 radical (unpaired) electrons. The molecular weight excluding hydrogens is 424 g/mol. The summed E-state index contributed by atoms with van der Waals surface area (Å²) in [6.07, 6.45) is -10.2. The summed E-state index contributed by atoms with van der Waals surface area (Å²) < 4.78 is 82.3. The number of fused-ring (bicyclic) bond motifs is 2. The number of rotatable bonds is 2. The molecule has 4 aromatic rings. The first-order valence-corrected chi connectivity index (χ1v) is 8.82. The maximum absolute atomic E-state index is 13.7. The third kappa shape index (κ3) is 3.45. The maximum atomic E-state index is 13.7. The van der Waals surface area contributed by atoms with Gasteiger partial charge in [0.2, 0.25) is 0 Å². The van der Waals surface area contributed by atoms with Crippen molar-refractivity contribution < 1.29 is 36.2 Å². The normalized spacial score (nSPS) is 12.5. The van der Waals surface area contributed by atoms with Crippen LogP contribution < -0.4 is 0 Å². The molecule has 3 aromatic carbocycles. The zero-order valence-electron chi connectivity index (χ0n) is 15.3. The summed E-state index contributed by atoms with van der Waals surface area (Å²) >= 11 is 0. The van der Waals surface area contributed by atoms with Crippen LogP contribution in [0.25, 0.3) is 32.9 Å². The molecule has 0 bridgehead atoms. The molecule has 0 amide bonds. The average molecular weight is 435 g/mol. The van der Waals surface area contributed by atoms with Crippen LogP contribution in [0.1, 0.15) is 21.5 Å². The first-order valence-electron chi connectivity index (χ1n) is 8.82. The van der Waals surface area contributed by atoms with E-state index in [1.165, 1.54) is 30.3 Å². The van der Waals surface area contributed by atoms with Crippen LogP contribution in [0.15, 0.2) is 60.7 Å². The molecule has 0 saturated heterocycles. The number of nitrogens with zero attached hydrogens (tertiary/aromatic N) is 1. The molecule has 0 aliphatic heterocycles. The number of hydrogen-bond acceptors (Lipinski definition) is 2. The van der Waals surface area contributed by atoms with Gasteiger partial charge in [-0.2, -0.15) is 26.3 Å². The quantitative estimate of drug-likeness (QED) is 0.279. The zero-order valence-corrected chi connectivity index (χ0v) is 15.3. The van der Waals surface area contributed by atoms with Crippen molar-refractivity contribution in [2.24, 2.45) is 0 Å². The van der Waals surface area contributed by atoms with Crippen molar-refractivity contribution in [3.05, 3.63) is 77.4 Å². The third-order valence-corrected chi connectivity index (χ3v) is 4.87. The number of aromatic nitrogens is 1. The van der Waals surface area contributed by atoms with Crippen LogP contribution in [0.3, 0.4) is 0 Å². The molecular formula is C22H11F6NO2. The van der Waals surface area contributed by atoms with Crippen molar-refractivity contribution in [2.45, 2.75) is 12.4 Å². The second kappa shape index (κ2) is 6.97. The molecule has 1 N–H and O–H groups in total. The molecule has 0 saturated carbocycles. The lowest BCUT2D eigenvalue weighted by Crippen LogP contribution is -2.14. The van der Waals surface area contributed by atoms with Crippen LogP contribution in [-0.4, -0.2) is 16.1 Å². The van der Waals surface area contributed by atoms with E-state index in [-0.39, 0.29) is 21.8 Å². The van der Waals surface area contributed by atoms with E-state index in [1.54, 1.807) is 6.07 Å². The van der Waals surface area contributed by atoms with Gasteiger partial charge in [0.05, 0.1) is 27.7 Å². The number of hydrogen-bond donors (Lipinski definition) is 1. The Hall–Kier alpha value is -3.62. The molecule has 158 valence electrons. The van der Waals surface area contributed by atoms with Gasteiger partial charge in [-0.3, -0.25) is 0 Å². The summed E-state index contributed by atoms with van der Waals surface area (Å²) in [5, 5.41) is 9.65. The van der Waals surface area contributed by atoms with Gasteiger partial charge in [0.15, 0.2) is 0 Å². The van der Waals surface area contributed by atoms with Crippen LogP contribution in [0.4, 0.5) is 26.3 Å². The van der Waals surface area contributed by atoms with E-state index in [2.05, 4.69) is 4.98 Å². The van der Waals surface area contributed by atoms with E-state index in [0.29, 0.717) is 18.2 Å². The standard InChI is InChI=1S/C22H11F6NO2/c23-21(24,25)13-7-4-8-14(22(26,27)28)17(13)12-6-3-10-16-18(12)19(20(30)31)11-5-1-2-9-15(11)29-16/h1-10H,(H,30,31). The van der Waals surface area contributed by atoms with E-state index >= 15 is 0 Å². The number of alkyl halides is 6. The van der Waals surface area contributed by atoms with Crippen LogP contribution in [0.5, 0.6) is 0 Å². The SMILES string of the molecule is O=C(O)c1c2ccccc2nc2cccc(-c3c(C(F)(F)F)cccc3C(F)(F)F)c12. The van der Waals surface area contributed by atoms with Gasteiger partial charge in [0, 0.05) is 16.3 Å². The van der Waals surface area contributed by atoms with Crippen LogP contribution in [0.2, 0.25) is 0 Å². The maximum Gasteiger partial charge on any atom is 0.417 e. The molecule has 4 rings (SSSR count). The number of carboxylic acids is 1. The fraction of sp³-hybridized carbons (Fsp3) is 0.0909. The summed E-state index contributed by atoms with van der Waals surface area (Å²) in [5.41, 5.74) is -4.86. The van der Waals surface area contributed by atoms with Gasteiger partial charge in [0.25, 0.3) is 0 Å². The van der Waals surface area contributed by atoms with Crippen LogP contribution in [-0.2, 0) is 12.4 Å². The van der Waals surface area contributed by atoms with E-state index in [9.17, 15) is 36.2 Å². The highest BCUT2D eigenvalue weighted by molar-refractivity contribution is 6.17. The lowest BCUT2D eigenvalue weighted by Gasteiger charge is -2.21. The van der Waals surface area contributed by atoms with Gasteiger partial charge in [-0.05, 0) is 29.8 Å². The summed E-state index contributed by atoms with van der Waals surface area (Å²) in [6, 6.07) is 11.4. The Morgan fingerprint density at radius 2 is 1.29 bits per heavy atom. The van der Waals surface area contributed by atoms with Gasteiger partial charge in [0.1, 0.15) is 0 Å². The monoisotopic (exact) mass is 435 g/mol. The fourth-order valence-electron chi connectivity index (χ4n) is 3.69. The van der Waals surface area contributed by atoms with Gasteiger partial charge in [-0.25, -0.2) is 9.78 Å². The molecule has 0 fully saturated rings. The number of carbonyl (C=O) groups is 1. The number of para-hydroxylation sites is 1. The molecule has 0 aliphatic carbocycles. The predicted molar refractivity (Wildman–Crippen MR) is 102 cm³/mol. The molecule has 0 spiro atoms. The van der Waals surface area contributed by atoms with Gasteiger partial charge in [-0.1, -0.05) is 36.4 Å². The lowest BCUT2D eigenvalue weighted by atomic mass is 9.88. The molecule has 0 atom stereocenters. The van der Waals surface area contributed by atoms with Crippen molar-refractivity contribution in [1.82, 2.24) is 4.98 Å². The molecule has 31 heavy (non-hydrogen) atoms. The first-order chi connectivity index (χ1) is 14.5. The average Bonchev–Trinajstić information content (AvgIpc) is 2.69. The molecule has 0 aliphatic rings. The smallest absolute Gasteiger partial charge is 0.417 e. The number of pyridine rings is 1. The van der Waals surface area contributed by atoms with Crippen molar-refractivity contribution in [3.8, 4) is 11.1 Å². The zero-order chi connectivity index (χ0) is 22.6. The van der Waals surface area contributed by atoms with E-state index in [0.717, 1.165) is 6.07 Å². The van der Waals surface area contributed by atoms with Crippen molar-refractivity contribution >= 4 is 27.8 Å². The van der Waals surface area contributed by atoms with Crippen molar-refractivity contribution in [3.63, 3.8) is 0 Å². The molecule has 3 nitrogen and oxygen atoms in total. The van der Waals surface area contributed by atoms with Crippen molar-refractivity contribution in [2.75, 3.05) is 0 Å². The minimum absolute atomic E-state index is 0.0290. The fourth-order valence-corrected chi connectivity index (χ4v) is 3.69. The van der Waals surface area contributed by atoms with E-state index in [4.69, 9.17) is 0 Å². The van der Waals surface area contributed by atoms with Gasteiger partial charge >= 0.3 is 18.3 Å². The molecule has 0 unspecified atom stereocenters. The van der Waals surface area contributed by atoms with E-state index < -0.39 is 46.1 Å². The summed E-state index contributed by atoms with van der Waals surface area (Å²) in [5.74, 6) is -1.49. The summed E-state index contributed by atoms with van der Waals surface area (Å²) in [6.45, 7) is 0. The molecule has 1 heterocycles. The Morgan fingerprint density at radius 1 is 0.742 bits per heavy atom. The Morgan fingerprint density at radius 3 is 1.87 bits per heavy atom. The van der Waals surface area contributed by atoms with Crippen molar-refractivity contribution in [1.29, 1.82) is 0 Å². The summed E-state index contributed by atoms with van der Waals surface area (Å²) in [4.78, 5) is 16.4. The van der Waals surface area contributed by atoms with E-state index in [1.807, 2.05) is 0 Å². The van der Waals surface area contributed by atoms with Crippen LogP contribution in [0, 0.1) is 0 Å². The molecule has 9 heteroatoms.